The zero-order chi connectivity index (χ0) is 12.3. The molecule has 3 N–H and O–H groups in total. The van der Waals surface area contributed by atoms with Crippen LogP contribution in [0.25, 0.3) is 0 Å². The van der Waals surface area contributed by atoms with Crippen molar-refractivity contribution in [2.24, 2.45) is 11.7 Å². The molecule has 1 amide bonds. The van der Waals surface area contributed by atoms with Crippen LogP contribution in [-0.2, 0) is 4.79 Å². The number of nitrogens with one attached hydrogen (secondary N) is 1. The van der Waals surface area contributed by atoms with E-state index in [2.05, 4.69) is 21.2 Å². The van der Waals surface area contributed by atoms with Crippen LogP contribution in [0.5, 0.6) is 0 Å². The summed E-state index contributed by atoms with van der Waals surface area (Å²) in [6.45, 7) is 3.64. The van der Waals surface area contributed by atoms with Gasteiger partial charge in [0.2, 0.25) is 5.91 Å². The monoisotopic (exact) mass is 300 g/mol. The second-order valence-corrected chi connectivity index (χ2v) is 5.02. The number of amides is 1. The molecule has 1 aromatic carbocycles. The van der Waals surface area contributed by atoms with Crippen molar-refractivity contribution < 1.29 is 4.79 Å². The molecule has 0 aliphatic heterocycles. The molecule has 16 heavy (non-hydrogen) atoms. The molecule has 0 heterocycles. The highest BCUT2D eigenvalue weighted by Crippen LogP contribution is 2.19. The van der Waals surface area contributed by atoms with Gasteiger partial charge in [-0.25, -0.2) is 0 Å². The predicted molar refractivity (Wildman–Crippen MR) is 73.5 cm³/mol. The summed E-state index contributed by atoms with van der Waals surface area (Å²) in [7, 11) is 0. The van der Waals surface area contributed by atoms with Crippen molar-refractivity contribution in [3.8, 4) is 0 Å². The summed E-state index contributed by atoms with van der Waals surface area (Å²) in [6.07, 6.45) is 0. The van der Waals surface area contributed by atoms with Gasteiger partial charge in [0, 0.05) is 10.2 Å². The first-order valence-corrected chi connectivity index (χ1v) is 5.97. The molecule has 0 aliphatic carbocycles. The highest BCUT2D eigenvalue weighted by Gasteiger charge is 2.15. The number of hydrogen-bond acceptors (Lipinski definition) is 2. The average molecular weight is 301 g/mol. The van der Waals surface area contributed by atoms with E-state index in [9.17, 15) is 4.79 Å². The lowest BCUT2D eigenvalue weighted by Gasteiger charge is -2.11. The molecular formula is C11H13BrN2OS. The van der Waals surface area contributed by atoms with Crippen LogP contribution in [0.4, 0.5) is 5.69 Å². The van der Waals surface area contributed by atoms with Gasteiger partial charge in [0.1, 0.15) is 0 Å². The topological polar surface area (TPSA) is 55.1 Å². The van der Waals surface area contributed by atoms with Gasteiger partial charge in [-0.3, -0.25) is 4.79 Å². The van der Waals surface area contributed by atoms with E-state index in [0.29, 0.717) is 0 Å². The van der Waals surface area contributed by atoms with Crippen LogP contribution in [0.15, 0.2) is 22.7 Å². The molecule has 1 aromatic rings. The zero-order valence-electron chi connectivity index (χ0n) is 9.08. The molecule has 1 unspecified atom stereocenters. The van der Waals surface area contributed by atoms with Crippen molar-refractivity contribution in [1.82, 2.24) is 0 Å². The SMILES string of the molecule is Cc1cc(Br)cc(NC(=O)C(C)C(N)=S)c1. The van der Waals surface area contributed by atoms with Gasteiger partial charge < -0.3 is 11.1 Å². The predicted octanol–water partition coefficient (Wildman–Crippen LogP) is 2.62. The lowest BCUT2D eigenvalue weighted by Crippen LogP contribution is -2.30. The molecule has 0 fully saturated rings. The van der Waals surface area contributed by atoms with Crippen LogP contribution in [0.1, 0.15) is 12.5 Å². The summed E-state index contributed by atoms with van der Waals surface area (Å²) >= 11 is 8.14. The maximum Gasteiger partial charge on any atom is 0.234 e. The van der Waals surface area contributed by atoms with E-state index >= 15 is 0 Å². The Morgan fingerprint density at radius 2 is 2.12 bits per heavy atom. The fourth-order valence-electron chi connectivity index (χ4n) is 1.19. The van der Waals surface area contributed by atoms with Crippen molar-refractivity contribution >= 4 is 44.7 Å². The number of hydrogen-bond donors (Lipinski definition) is 2. The Labute approximate surface area is 109 Å². The molecule has 0 saturated carbocycles. The van der Waals surface area contributed by atoms with Crippen molar-refractivity contribution in [1.29, 1.82) is 0 Å². The number of aryl methyl sites for hydroxylation is 1. The number of anilines is 1. The van der Waals surface area contributed by atoms with Gasteiger partial charge in [0.25, 0.3) is 0 Å². The number of carbonyl (C=O) groups excluding carboxylic acids is 1. The summed E-state index contributed by atoms with van der Waals surface area (Å²) in [5, 5.41) is 2.77. The molecule has 0 spiro atoms. The Morgan fingerprint density at radius 3 is 2.62 bits per heavy atom. The Hall–Kier alpha value is -0.940. The Bertz CT molecular complexity index is 414. The second kappa shape index (κ2) is 5.41. The number of nitrogens with two attached hydrogens (primary N) is 1. The number of rotatable bonds is 3. The summed E-state index contributed by atoms with van der Waals surface area (Å²) in [6, 6.07) is 5.68. The molecular weight excluding hydrogens is 288 g/mol. The molecule has 0 aliphatic rings. The fraction of sp³-hybridized carbons (Fsp3) is 0.273. The molecule has 0 radical (unpaired) electrons. The third kappa shape index (κ3) is 3.57. The van der Waals surface area contributed by atoms with Gasteiger partial charge in [-0.2, -0.15) is 0 Å². The van der Waals surface area contributed by atoms with Gasteiger partial charge in [-0.15, -0.1) is 0 Å². The summed E-state index contributed by atoms with van der Waals surface area (Å²) in [4.78, 5) is 11.9. The van der Waals surface area contributed by atoms with Crippen LogP contribution in [0.2, 0.25) is 0 Å². The Kier molecular flexibility index (Phi) is 4.44. The Morgan fingerprint density at radius 1 is 1.50 bits per heavy atom. The lowest BCUT2D eigenvalue weighted by molar-refractivity contribution is -0.117. The van der Waals surface area contributed by atoms with E-state index in [1.807, 2.05) is 25.1 Å². The maximum absolute atomic E-state index is 11.7. The largest absolute Gasteiger partial charge is 0.393 e. The van der Waals surface area contributed by atoms with Crippen molar-refractivity contribution in [3.05, 3.63) is 28.2 Å². The molecule has 1 rings (SSSR count). The van der Waals surface area contributed by atoms with E-state index in [1.54, 1.807) is 6.92 Å². The number of carbonyl (C=O) groups is 1. The van der Waals surface area contributed by atoms with E-state index in [-0.39, 0.29) is 10.9 Å². The quantitative estimate of drug-likeness (QED) is 0.844. The lowest BCUT2D eigenvalue weighted by atomic mass is 10.1. The van der Waals surface area contributed by atoms with E-state index < -0.39 is 5.92 Å². The summed E-state index contributed by atoms with van der Waals surface area (Å²) < 4.78 is 0.922. The number of halogens is 1. The third-order valence-electron chi connectivity index (χ3n) is 2.13. The molecule has 0 bridgehead atoms. The van der Waals surface area contributed by atoms with Crippen LogP contribution in [0.3, 0.4) is 0 Å². The minimum atomic E-state index is -0.464. The van der Waals surface area contributed by atoms with E-state index in [1.165, 1.54) is 0 Å². The number of benzene rings is 1. The molecule has 5 heteroatoms. The van der Waals surface area contributed by atoms with Gasteiger partial charge in [0.05, 0.1) is 10.9 Å². The first-order chi connectivity index (χ1) is 7.40. The minimum absolute atomic E-state index is 0.190. The standard InChI is InChI=1S/C11H13BrN2OS/c1-6-3-8(12)5-9(4-6)14-11(15)7(2)10(13)16/h3-5,7H,1-2H3,(H2,13,16)(H,14,15). The second-order valence-electron chi connectivity index (χ2n) is 3.63. The average Bonchev–Trinajstić information content (AvgIpc) is 2.14. The smallest absolute Gasteiger partial charge is 0.234 e. The van der Waals surface area contributed by atoms with Gasteiger partial charge in [-0.1, -0.05) is 28.1 Å². The fourth-order valence-corrected chi connectivity index (χ4v) is 1.90. The van der Waals surface area contributed by atoms with Crippen LogP contribution < -0.4 is 11.1 Å². The van der Waals surface area contributed by atoms with Crippen LogP contribution in [0, 0.1) is 12.8 Å². The maximum atomic E-state index is 11.7. The zero-order valence-corrected chi connectivity index (χ0v) is 11.5. The van der Waals surface area contributed by atoms with Crippen LogP contribution >= 0.6 is 28.1 Å². The van der Waals surface area contributed by atoms with Crippen molar-refractivity contribution in [2.75, 3.05) is 5.32 Å². The van der Waals surface area contributed by atoms with Gasteiger partial charge in [0.15, 0.2) is 0 Å². The molecule has 0 saturated heterocycles. The normalized spacial score (nSPS) is 11.9. The van der Waals surface area contributed by atoms with Crippen molar-refractivity contribution in [2.45, 2.75) is 13.8 Å². The van der Waals surface area contributed by atoms with Gasteiger partial charge in [-0.05, 0) is 37.6 Å². The molecule has 1 atom stereocenters. The van der Waals surface area contributed by atoms with Gasteiger partial charge >= 0.3 is 0 Å². The highest BCUT2D eigenvalue weighted by atomic mass is 79.9. The minimum Gasteiger partial charge on any atom is -0.393 e. The highest BCUT2D eigenvalue weighted by molar-refractivity contribution is 9.10. The van der Waals surface area contributed by atoms with Crippen molar-refractivity contribution in [3.63, 3.8) is 0 Å². The molecule has 0 aromatic heterocycles. The van der Waals surface area contributed by atoms with E-state index in [4.69, 9.17) is 18.0 Å². The third-order valence-corrected chi connectivity index (χ3v) is 2.94. The summed E-state index contributed by atoms with van der Waals surface area (Å²) in [5.41, 5.74) is 7.21. The molecule has 3 nitrogen and oxygen atoms in total. The van der Waals surface area contributed by atoms with E-state index in [0.717, 1.165) is 15.7 Å². The molecule has 86 valence electrons. The number of thiocarbonyl (C=S) groups is 1. The Balaban J connectivity index is 2.81. The first-order valence-electron chi connectivity index (χ1n) is 4.77. The summed E-state index contributed by atoms with van der Waals surface area (Å²) in [5.74, 6) is -0.653. The first kappa shape index (κ1) is 13.1. The van der Waals surface area contributed by atoms with Crippen LogP contribution in [-0.4, -0.2) is 10.9 Å².